The molecule has 2 unspecified atom stereocenters. The van der Waals surface area contributed by atoms with Crippen LogP contribution in [0.3, 0.4) is 0 Å². The molecule has 0 aliphatic rings. The van der Waals surface area contributed by atoms with Crippen LogP contribution in [0.4, 0.5) is 0 Å². The van der Waals surface area contributed by atoms with Crippen molar-refractivity contribution in [1.82, 2.24) is 5.32 Å². The van der Waals surface area contributed by atoms with Gasteiger partial charge in [-0.3, -0.25) is 5.32 Å². The highest BCUT2D eigenvalue weighted by atomic mass is 16.5. The van der Waals surface area contributed by atoms with Crippen molar-refractivity contribution in [3.63, 3.8) is 0 Å². The summed E-state index contributed by atoms with van der Waals surface area (Å²) in [6.07, 6.45) is 1.88. The Labute approximate surface area is 103 Å². The van der Waals surface area contributed by atoms with E-state index in [2.05, 4.69) is 18.3 Å². The molecule has 3 nitrogen and oxygen atoms in total. The zero-order valence-electron chi connectivity index (χ0n) is 10.5. The van der Waals surface area contributed by atoms with Crippen molar-refractivity contribution in [1.29, 1.82) is 5.26 Å². The molecule has 0 bridgehead atoms. The third-order valence-corrected chi connectivity index (χ3v) is 2.76. The number of hydrogen-bond donors (Lipinski definition) is 1. The van der Waals surface area contributed by atoms with Gasteiger partial charge in [0.05, 0.1) is 12.2 Å². The second-order valence-corrected chi connectivity index (χ2v) is 4.04. The predicted molar refractivity (Wildman–Crippen MR) is 68.4 cm³/mol. The van der Waals surface area contributed by atoms with Crippen LogP contribution in [0.25, 0.3) is 0 Å². The van der Waals surface area contributed by atoms with Crippen molar-refractivity contribution in [2.24, 2.45) is 0 Å². The minimum atomic E-state index is -0.250. The summed E-state index contributed by atoms with van der Waals surface area (Å²) >= 11 is 0. The maximum absolute atomic E-state index is 9.14. The standard InChI is InChI=1S/C14H20N2O/c1-3-7-14(17-2)13(10-15)16-11-12-8-5-4-6-9-12/h4-6,8-9,13-14,16H,3,7,11H2,1-2H3. The lowest BCUT2D eigenvalue weighted by molar-refractivity contribution is 0.0757. The lowest BCUT2D eigenvalue weighted by Crippen LogP contribution is -2.39. The van der Waals surface area contributed by atoms with E-state index in [0.29, 0.717) is 6.54 Å². The van der Waals surface area contributed by atoms with Gasteiger partial charge in [0.15, 0.2) is 0 Å². The third-order valence-electron chi connectivity index (χ3n) is 2.76. The Balaban J connectivity index is 2.50. The number of methoxy groups -OCH3 is 1. The molecule has 0 saturated heterocycles. The molecule has 0 saturated carbocycles. The number of nitrogens with zero attached hydrogens (tertiary/aromatic N) is 1. The SMILES string of the molecule is CCCC(OC)C(C#N)NCc1ccccc1. The molecule has 92 valence electrons. The maximum Gasteiger partial charge on any atom is 0.122 e. The molecule has 1 aromatic carbocycles. The van der Waals surface area contributed by atoms with Crippen molar-refractivity contribution in [3.05, 3.63) is 35.9 Å². The molecule has 0 amide bonds. The smallest absolute Gasteiger partial charge is 0.122 e. The summed E-state index contributed by atoms with van der Waals surface area (Å²) in [5.41, 5.74) is 1.18. The predicted octanol–water partition coefficient (Wildman–Crippen LogP) is 2.48. The molecule has 0 radical (unpaired) electrons. The average Bonchev–Trinajstić information content (AvgIpc) is 2.39. The molecule has 1 rings (SSSR count). The van der Waals surface area contributed by atoms with Gasteiger partial charge in [-0.2, -0.15) is 5.26 Å². The van der Waals surface area contributed by atoms with Crippen LogP contribution in [-0.4, -0.2) is 19.3 Å². The van der Waals surface area contributed by atoms with E-state index in [1.807, 2.05) is 30.3 Å². The summed E-state index contributed by atoms with van der Waals surface area (Å²) in [5, 5.41) is 12.4. The zero-order valence-corrected chi connectivity index (χ0v) is 10.5. The highest BCUT2D eigenvalue weighted by molar-refractivity contribution is 5.15. The van der Waals surface area contributed by atoms with Gasteiger partial charge in [0, 0.05) is 13.7 Å². The molecule has 2 atom stereocenters. The second kappa shape index (κ2) is 7.83. The number of hydrogen-bond acceptors (Lipinski definition) is 3. The number of benzene rings is 1. The molecule has 0 aromatic heterocycles. The van der Waals surface area contributed by atoms with Crippen molar-refractivity contribution in [2.45, 2.75) is 38.5 Å². The quantitative estimate of drug-likeness (QED) is 0.785. The fourth-order valence-corrected chi connectivity index (χ4v) is 1.79. The van der Waals surface area contributed by atoms with E-state index in [0.717, 1.165) is 12.8 Å². The van der Waals surface area contributed by atoms with Crippen LogP contribution in [0.1, 0.15) is 25.3 Å². The van der Waals surface area contributed by atoms with Gasteiger partial charge in [-0.1, -0.05) is 43.7 Å². The summed E-state index contributed by atoms with van der Waals surface area (Å²) in [4.78, 5) is 0. The van der Waals surface area contributed by atoms with Gasteiger partial charge in [0.25, 0.3) is 0 Å². The highest BCUT2D eigenvalue weighted by Crippen LogP contribution is 2.07. The Bertz CT molecular complexity index is 345. The van der Waals surface area contributed by atoms with Crippen LogP contribution in [0.5, 0.6) is 0 Å². The van der Waals surface area contributed by atoms with E-state index in [1.165, 1.54) is 5.56 Å². The molecule has 1 N–H and O–H groups in total. The summed E-state index contributed by atoms with van der Waals surface area (Å²) in [6.45, 7) is 2.79. The van der Waals surface area contributed by atoms with Crippen molar-refractivity contribution >= 4 is 0 Å². The average molecular weight is 232 g/mol. The highest BCUT2D eigenvalue weighted by Gasteiger charge is 2.19. The van der Waals surface area contributed by atoms with E-state index in [4.69, 9.17) is 10.00 Å². The largest absolute Gasteiger partial charge is 0.379 e. The van der Waals surface area contributed by atoms with E-state index >= 15 is 0 Å². The van der Waals surface area contributed by atoms with Crippen LogP contribution >= 0.6 is 0 Å². The Hall–Kier alpha value is -1.37. The van der Waals surface area contributed by atoms with Crippen LogP contribution in [-0.2, 0) is 11.3 Å². The number of nitrogens with one attached hydrogen (secondary N) is 1. The Morgan fingerprint density at radius 2 is 2.06 bits per heavy atom. The van der Waals surface area contributed by atoms with Crippen LogP contribution in [0.2, 0.25) is 0 Å². The first-order valence-corrected chi connectivity index (χ1v) is 6.01. The van der Waals surface area contributed by atoms with Crippen molar-refractivity contribution in [3.8, 4) is 6.07 Å². The first-order valence-electron chi connectivity index (χ1n) is 6.01. The lowest BCUT2D eigenvalue weighted by atomic mass is 10.1. The molecule has 0 aliphatic carbocycles. The number of ether oxygens (including phenoxy) is 1. The van der Waals surface area contributed by atoms with Gasteiger partial charge in [-0.05, 0) is 12.0 Å². The van der Waals surface area contributed by atoms with E-state index in [1.54, 1.807) is 7.11 Å². The molecule has 0 aliphatic heterocycles. The molecule has 0 spiro atoms. The van der Waals surface area contributed by atoms with Crippen LogP contribution < -0.4 is 5.32 Å². The third kappa shape index (κ3) is 4.56. The fourth-order valence-electron chi connectivity index (χ4n) is 1.79. The molecule has 1 aromatic rings. The van der Waals surface area contributed by atoms with E-state index < -0.39 is 0 Å². The van der Waals surface area contributed by atoms with E-state index in [-0.39, 0.29) is 12.1 Å². The minimum absolute atomic E-state index is 0.0336. The monoisotopic (exact) mass is 232 g/mol. The minimum Gasteiger partial charge on any atom is -0.379 e. The number of nitriles is 1. The Morgan fingerprint density at radius 1 is 1.35 bits per heavy atom. The van der Waals surface area contributed by atoms with E-state index in [9.17, 15) is 0 Å². The summed E-state index contributed by atoms with van der Waals surface area (Å²) in [7, 11) is 1.66. The van der Waals surface area contributed by atoms with Gasteiger partial charge >= 0.3 is 0 Å². The first-order chi connectivity index (χ1) is 8.31. The number of rotatable bonds is 7. The molecular formula is C14H20N2O. The fraction of sp³-hybridized carbons (Fsp3) is 0.500. The lowest BCUT2D eigenvalue weighted by Gasteiger charge is -2.21. The van der Waals surface area contributed by atoms with Crippen molar-refractivity contribution < 1.29 is 4.74 Å². The van der Waals surface area contributed by atoms with Gasteiger partial charge in [0.2, 0.25) is 0 Å². The van der Waals surface area contributed by atoms with Crippen LogP contribution in [0.15, 0.2) is 30.3 Å². The normalized spacial score (nSPS) is 13.9. The zero-order chi connectivity index (χ0) is 12.5. The van der Waals surface area contributed by atoms with Gasteiger partial charge in [0.1, 0.15) is 6.04 Å². The van der Waals surface area contributed by atoms with Crippen LogP contribution in [0, 0.1) is 11.3 Å². The topological polar surface area (TPSA) is 45.0 Å². The Kier molecular flexibility index (Phi) is 6.31. The van der Waals surface area contributed by atoms with Gasteiger partial charge < -0.3 is 4.74 Å². The Morgan fingerprint density at radius 3 is 2.59 bits per heavy atom. The molecule has 17 heavy (non-hydrogen) atoms. The van der Waals surface area contributed by atoms with Gasteiger partial charge in [-0.25, -0.2) is 0 Å². The molecule has 0 fully saturated rings. The first kappa shape index (κ1) is 13.7. The van der Waals surface area contributed by atoms with Crippen molar-refractivity contribution in [2.75, 3.05) is 7.11 Å². The van der Waals surface area contributed by atoms with Gasteiger partial charge in [-0.15, -0.1) is 0 Å². The second-order valence-electron chi connectivity index (χ2n) is 4.04. The maximum atomic E-state index is 9.14. The molecular weight excluding hydrogens is 212 g/mol. The molecule has 0 heterocycles. The summed E-state index contributed by atoms with van der Waals surface area (Å²) < 4.78 is 5.35. The summed E-state index contributed by atoms with van der Waals surface area (Å²) in [6, 6.07) is 12.1. The molecule has 3 heteroatoms. The summed E-state index contributed by atoms with van der Waals surface area (Å²) in [5.74, 6) is 0.